The van der Waals surface area contributed by atoms with Gasteiger partial charge in [-0.15, -0.1) is 0 Å². The highest BCUT2D eigenvalue weighted by Gasteiger charge is 2.45. The standard InChI is InChI=1S/C34H45N3O8S2/c1-3-43-32-13-12-27(26-10-8-25(21-35)9-11-26)18-33(32)47(41,42)37-16-14-34(15-17-37)20-28(23-45-34)36-22-29(38)24-44-30-6-5-7-31(19-30)46(39,40)4-2/h5-13,18-19,28-29,36,38H,3-4,14-17,20-24,35H2,1-2H3/t28-,29-/m0/s1. The zero-order valence-electron chi connectivity index (χ0n) is 26.9. The van der Waals surface area contributed by atoms with Crippen molar-refractivity contribution in [3.63, 3.8) is 0 Å². The molecule has 1 spiro atoms. The molecule has 0 bridgehead atoms. The van der Waals surface area contributed by atoms with Gasteiger partial charge in [0.05, 0.1) is 29.5 Å². The fourth-order valence-corrected chi connectivity index (χ4v) is 8.59. The Hall–Kier alpha value is -3.04. The average Bonchev–Trinajstić information content (AvgIpc) is 3.48. The van der Waals surface area contributed by atoms with Crippen LogP contribution in [0, 0.1) is 0 Å². The summed E-state index contributed by atoms with van der Waals surface area (Å²) < 4.78 is 71.4. The van der Waals surface area contributed by atoms with Crippen LogP contribution in [0.25, 0.3) is 11.1 Å². The fourth-order valence-electron chi connectivity index (χ4n) is 6.07. The van der Waals surface area contributed by atoms with Gasteiger partial charge in [-0.25, -0.2) is 16.8 Å². The van der Waals surface area contributed by atoms with Gasteiger partial charge in [-0.1, -0.05) is 43.3 Å². The van der Waals surface area contributed by atoms with Gasteiger partial charge in [0, 0.05) is 32.2 Å². The van der Waals surface area contributed by atoms with Gasteiger partial charge in [0.15, 0.2) is 9.84 Å². The predicted octanol–water partition coefficient (Wildman–Crippen LogP) is 3.35. The highest BCUT2D eigenvalue weighted by molar-refractivity contribution is 7.91. The molecule has 3 aromatic carbocycles. The molecule has 3 aromatic rings. The van der Waals surface area contributed by atoms with Gasteiger partial charge in [-0.2, -0.15) is 4.31 Å². The van der Waals surface area contributed by atoms with E-state index in [4.69, 9.17) is 19.9 Å². The van der Waals surface area contributed by atoms with Gasteiger partial charge in [0.2, 0.25) is 10.0 Å². The van der Waals surface area contributed by atoms with Crippen LogP contribution in [0.2, 0.25) is 0 Å². The topological polar surface area (TPSA) is 157 Å². The molecule has 2 fully saturated rings. The zero-order valence-corrected chi connectivity index (χ0v) is 28.6. The molecule has 0 saturated carbocycles. The van der Waals surface area contributed by atoms with Crippen molar-refractivity contribution in [2.24, 2.45) is 5.73 Å². The second-order valence-corrected chi connectivity index (χ2v) is 16.2. The first-order valence-corrected chi connectivity index (χ1v) is 19.2. The third kappa shape index (κ3) is 8.34. The first-order valence-electron chi connectivity index (χ1n) is 16.1. The Bertz CT molecular complexity index is 1720. The van der Waals surface area contributed by atoms with Crippen molar-refractivity contribution in [3.8, 4) is 22.6 Å². The molecular formula is C34H45N3O8S2. The number of piperidine rings is 1. The van der Waals surface area contributed by atoms with Crippen molar-refractivity contribution >= 4 is 19.9 Å². The largest absolute Gasteiger partial charge is 0.492 e. The van der Waals surface area contributed by atoms with Crippen molar-refractivity contribution in [1.29, 1.82) is 0 Å². The number of nitrogens with two attached hydrogens (primary N) is 1. The van der Waals surface area contributed by atoms with Crippen molar-refractivity contribution < 1.29 is 36.2 Å². The summed E-state index contributed by atoms with van der Waals surface area (Å²) >= 11 is 0. The second-order valence-electron chi connectivity index (χ2n) is 12.0. The summed E-state index contributed by atoms with van der Waals surface area (Å²) in [4.78, 5) is 0.340. The quantitative estimate of drug-likeness (QED) is 0.230. The highest BCUT2D eigenvalue weighted by atomic mass is 32.2. The molecule has 0 unspecified atom stereocenters. The van der Waals surface area contributed by atoms with Gasteiger partial charge in [0.1, 0.15) is 29.1 Å². The molecule has 13 heteroatoms. The van der Waals surface area contributed by atoms with E-state index >= 15 is 0 Å². The molecule has 2 saturated heterocycles. The summed E-state index contributed by atoms with van der Waals surface area (Å²) in [6, 6.07) is 19.3. The fraction of sp³-hybridized carbons (Fsp3) is 0.471. The molecule has 256 valence electrons. The molecule has 0 amide bonds. The Labute approximate surface area is 278 Å². The van der Waals surface area contributed by atoms with Crippen LogP contribution < -0.4 is 20.5 Å². The van der Waals surface area contributed by atoms with Crippen molar-refractivity contribution in [1.82, 2.24) is 9.62 Å². The first-order chi connectivity index (χ1) is 22.5. The third-order valence-electron chi connectivity index (χ3n) is 8.86. The van der Waals surface area contributed by atoms with Gasteiger partial charge in [0.25, 0.3) is 0 Å². The molecule has 2 heterocycles. The number of ether oxygens (including phenoxy) is 3. The maximum absolute atomic E-state index is 14.0. The molecule has 5 rings (SSSR count). The Kier molecular flexibility index (Phi) is 11.3. The normalized spacial score (nSPS) is 19.1. The molecule has 2 atom stereocenters. The van der Waals surface area contributed by atoms with E-state index in [1.807, 2.05) is 37.3 Å². The summed E-state index contributed by atoms with van der Waals surface area (Å²) in [5, 5.41) is 13.9. The van der Waals surface area contributed by atoms with Gasteiger partial charge in [-0.05, 0) is 73.2 Å². The molecule has 4 N–H and O–H groups in total. The maximum Gasteiger partial charge on any atom is 0.246 e. The first kappa shape index (κ1) is 35.3. The van der Waals surface area contributed by atoms with Crippen LogP contribution in [0.5, 0.6) is 11.5 Å². The number of nitrogens with zero attached hydrogens (tertiary/aromatic N) is 1. The highest BCUT2D eigenvalue weighted by Crippen LogP contribution is 2.39. The third-order valence-corrected chi connectivity index (χ3v) is 12.5. The van der Waals surface area contributed by atoms with E-state index in [-0.39, 0.29) is 34.7 Å². The smallest absolute Gasteiger partial charge is 0.246 e. The molecule has 0 radical (unpaired) electrons. The molecule has 47 heavy (non-hydrogen) atoms. The monoisotopic (exact) mass is 687 g/mol. The number of hydrogen-bond acceptors (Lipinski definition) is 10. The van der Waals surface area contributed by atoms with Crippen molar-refractivity contribution in [2.75, 3.05) is 45.2 Å². The summed E-state index contributed by atoms with van der Waals surface area (Å²) in [6.07, 6.45) is 0.984. The van der Waals surface area contributed by atoms with Crippen molar-refractivity contribution in [3.05, 3.63) is 72.3 Å². The van der Waals surface area contributed by atoms with Gasteiger partial charge in [-0.3, -0.25) is 0 Å². The van der Waals surface area contributed by atoms with E-state index in [1.165, 1.54) is 16.4 Å². The van der Waals surface area contributed by atoms with Crippen LogP contribution in [0.1, 0.15) is 38.7 Å². The molecule has 0 aliphatic carbocycles. The van der Waals surface area contributed by atoms with E-state index in [9.17, 15) is 21.9 Å². The van der Waals surface area contributed by atoms with Crippen LogP contribution >= 0.6 is 0 Å². The molecular weight excluding hydrogens is 643 g/mol. The lowest BCUT2D eigenvalue weighted by atomic mass is 9.88. The Morgan fingerprint density at radius 1 is 1.00 bits per heavy atom. The lowest BCUT2D eigenvalue weighted by Crippen LogP contribution is -2.47. The van der Waals surface area contributed by atoms with Gasteiger partial charge >= 0.3 is 0 Å². The van der Waals surface area contributed by atoms with E-state index in [1.54, 1.807) is 31.2 Å². The second kappa shape index (κ2) is 15.0. The summed E-state index contributed by atoms with van der Waals surface area (Å²) in [5.74, 6) is 0.707. The van der Waals surface area contributed by atoms with Crippen LogP contribution in [0.3, 0.4) is 0 Å². The minimum absolute atomic E-state index is 0.00188. The average molecular weight is 688 g/mol. The zero-order chi connectivity index (χ0) is 33.7. The Morgan fingerprint density at radius 2 is 1.72 bits per heavy atom. The summed E-state index contributed by atoms with van der Waals surface area (Å²) in [6.45, 7) is 5.55. The molecule has 2 aliphatic heterocycles. The van der Waals surface area contributed by atoms with Crippen LogP contribution in [-0.4, -0.2) is 89.2 Å². The van der Waals surface area contributed by atoms with Crippen LogP contribution in [0.15, 0.2) is 76.5 Å². The number of aliphatic hydroxyl groups excluding tert-OH is 1. The van der Waals surface area contributed by atoms with Crippen molar-refractivity contribution in [2.45, 2.75) is 67.2 Å². The predicted molar refractivity (Wildman–Crippen MR) is 180 cm³/mol. The van der Waals surface area contributed by atoms with E-state index in [0.717, 1.165) is 16.7 Å². The summed E-state index contributed by atoms with van der Waals surface area (Å²) in [7, 11) is -7.20. The Balaban J connectivity index is 1.15. The maximum atomic E-state index is 14.0. The molecule has 2 aliphatic rings. The summed E-state index contributed by atoms with van der Waals surface area (Å²) in [5.41, 5.74) is 7.97. The van der Waals surface area contributed by atoms with E-state index in [0.29, 0.717) is 63.6 Å². The number of sulfonamides is 1. The lowest BCUT2D eigenvalue weighted by Gasteiger charge is -2.38. The Morgan fingerprint density at radius 3 is 2.40 bits per heavy atom. The minimum Gasteiger partial charge on any atom is -0.492 e. The van der Waals surface area contributed by atoms with E-state index < -0.39 is 31.6 Å². The number of hydrogen-bond donors (Lipinski definition) is 3. The van der Waals surface area contributed by atoms with Crippen LogP contribution in [0.4, 0.5) is 0 Å². The van der Waals surface area contributed by atoms with Crippen LogP contribution in [-0.2, 0) is 31.1 Å². The number of aliphatic hydroxyl groups is 1. The number of nitrogens with one attached hydrogen (secondary N) is 1. The molecule has 0 aromatic heterocycles. The van der Waals surface area contributed by atoms with Gasteiger partial charge < -0.3 is 30.4 Å². The minimum atomic E-state index is -3.84. The SMILES string of the molecule is CCOc1ccc(-c2ccc(CN)cc2)cc1S(=O)(=O)N1CCC2(CC1)C[C@H](NC[C@H](O)COc1cccc(S(=O)(=O)CC)c1)CO2. The number of rotatable bonds is 14. The number of sulfone groups is 1. The number of benzene rings is 3. The molecule has 11 nitrogen and oxygen atoms in total. The van der Waals surface area contributed by atoms with E-state index in [2.05, 4.69) is 5.32 Å². The lowest BCUT2D eigenvalue weighted by molar-refractivity contribution is -0.0312.